The fourth-order valence-electron chi connectivity index (χ4n) is 2.43. The Kier molecular flexibility index (Phi) is 9.65. The molecule has 0 N–H and O–H groups in total. The molecule has 0 bridgehead atoms. The molecule has 0 radical (unpaired) electrons. The van der Waals surface area contributed by atoms with E-state index in [1.165, 1.54) is 67.4 Å². The lowest BCUT2D eigenvalue weighted by Crippen LogP contribution is -1.86. The van der Waals surface area contributed by atoms with Crippen molar-refractivity contribution >= 4 is 0 Å². The number of aryl methyl sites for hydroxylation is 1. The summed E-state index contributed by atoms with van der Waals surface area (Å²) in [7, 11) is 0. The van der Waals surface area contributed by atoms with Crippen molar-refractivity contribution in [3.8, 4) is 23.3 Å². The summed E-state index contributed by atoms with van der Waals surface area (Å²) in [5, 5.41) is 14.5. The molecule has 0 saturated carbocycles. The zero-order valence-electron chi connectivity index (χ0n) is 13.8. The number of hydrogen-bond acceptors (Lipinski definition) is 2. The van der Waals surface area contributed by atoms with Gasteiger partial charge in [-0.25, -0.2) is 0 Å². The molecule has 0 fully saturated rings. The monoisotopic (exact) mass is 304 g/mol. The zero-order valence-corrected chi connectivity index (χ0v) is 13.8. The second-order valence-corrected chi connectivity index (χ2v) is 5.45. The second-order valence-electron chi connectivity index (χ2n) is 5.45. The molecule has 23 heavy (non-hydrogen) atoms. The summed E-state index contributed by atoms with van der Waals surface area (Å²) in [6.07, 6.45) is 8.01. The third-order valence-electron chi connectivity index (χ3n) is 3.68. The molecule has 2 heteroatoms. The SMILES string of the molecule is CCCCCCCc1ccc(-c2ccccc2)cc1.N#CC#N. The molecular weight excluding hydrogens is 280 g/mol. The molecule has 0 heterocycles. The maximum atomic E-state index is 7.26. The van der Waals surface area contributed by atoms with E-state index in [4.69, 9.17) is 10.5 Å². The molecule has 118 valence electrons. The minimum atomic E-state index is 1.22. The summed E-state index contributed by atoms with van der Waals surface area (Å²) in [4.78, 5) is 0. The van der Waals surface area contributed by atoms with Gasteiger partial charge in [-0.1, -0.05) is 87.2 Å². The lowest BCUT2D eigenvalue weighted by Gasteiger charge is -2.05. The van der Waals surface area contributed by atoms with Gasteiger partial charge in [0.25, 0.3) is 0 Å². The Balaban J connectivity index is 0.000000593. The van der Waals surface area contributed by atoms with Gasteiger partial charge in [-0.05, 0) is 29.5 Å². The highest BCUT2D eigenvalue weighted by Gasteiger charge is 1.97. The Morgan fingerprint density at radius 2 is 1.26 bits per heavy atom. The fraction of sp³-hybridized carbons (Fsp3) is 0.333. The van der Waals surface area contributed by atoms with Gasteiger partial charge in [-0.15, -0.1) is 0 Å². The van der Waals surface area contributed by atoms with E-state index < -0.39 is 0 Å². The molecule has 2 aromatic carbocycles. The number of hydrogen-bond donors (Lipinski definition) is 0. The maximum absolute atomic E-state index is 7.26. The summed E-state index contributed by atoms with van der Waals surface area (Å²) >= 11 is 0. The van der Waals surface area contributed by atoms with Crippen molar-refractivity contribution in [2.45, 2.75) is 45.4 Å². The molecule has 0 atom stereocenters. The third kappa shape index (κ3) is 7.84. The summed E-state index contributed by atoms with van der Waals surface area (Å²) < 4.78 is 0. The van der Waals surface area contributed by atoms with Gasteiger partial charge in [0.15, 0.2) is 12.1 Å². The standard InChI is InChI=1S/C19H24.C2N2/c1-2-3-4-5-7-10-17-13-15-19(16-14-17)18-11-8-6-9-12-18;3-1-2-4/h6,8-9,11-16H,2-5,7,10H2,1H3;. The number of benzene rings is 2. The van der Waals surface area contributed by atoms with Crippen molar-refractivity contribution in [1.29, 1.82) is 10.5 Å². The van der Waals surface area contributed by atoms with Gasteiger partial charge in [-0.3, -0.25) is 0 Å². The van der Waals surface area contributed by atoms with Crippen LogP contribution in [0.15, 0.2) is 54.6 Å². The molecule has 0 saturated heterocycles. The van der Waals surface area contributed by atoms with Gasteiger partial charge in [-0.2, -0.15) is 10.5 Å². The fourth-order valence-corrected chi connectivity index (χ4v) is 2.43. The quantitative estimate of drug-likeness (QED) is 0.598. The molecule has 0 aliphatic heterocycles. The van der Waals surface area contributed by atoms with Crippen LogP contribution >= 0.6 is 0 Å². The van der Waals surface area contributed by atoms with Crippen molar-refractivity contribution in [2.75, 3.05) is 0 Å². The van der Waals surface area contributed by atoms with E-state index in [1.54, 1.807) is 0 Å². The topological polar surface area (TPSA) is 47.6 Å². The van der Waals surface area contributed by atoms with Crippen molar-refractivity contribution in [2.24, 2.45) is 0 Å². The van der Waals surface area contributed by atoms with E-state index in [0.29, 0.717) is 0 Å². The smallest absolute Gasteiger partial charge is 0.181 e. The number of rotatable bonds is 7. The van der Waals surface area contributed by atoms with Crippen molar-refractivity contribution in [3.05, 3.63) is 60.2 Å². The van der Waals surface area contributed by atoms with Crippen LogP contribution in [0.25, 0.3) is 11.1 Å². The van der Waals surface area contributed by atoms with Crippen LogP contribution in [0.4, 0.5) is 0 Å². The lowest BCUT2D eigenvalue weighted by molar-refractivity contribution is 0.632. The molecule has 0 amide bonds. The molecule has 0 unspecified atom stereocenters. The highest BCUT2D eigenvalue weighted by molar-refractivity contribution is 5.63. The van der Waals surface area contributed by atoms with Gasteiger partial charge in [0.2, 0.25) is 0 Å². The van der Waals surface area contributed by atoms with E-state index in [9.17, 15) is 0 Å². The molecule has 0 aromatic heterocycles. The van der Waals surface area contributed by atoms with Crippen LogP contribution in [0.3, 0.4) is 0 Å². The minimum absolute atomic E-state index is 1.22. The first-order chi connectivity index (χ1) is 11.3. The Morgan fingerprint density at radius 3 is 1.83 bits per heavy atom. The van der Waals surface area contributed by atoms with E-state index in [1.807, 2.05) is 0 Å². The Labute approximate surface area is 140 Å². The first-order valence-corrected chi connectivity index (χ1v) is 8.24. The molecule has 2 nitrogen and oxygen atoms in total. The summed E-state index contributed by atoms with van der Waals surface area (Å²) in [6, 6.07) is 22.1. The second kappa shape index (κ2) is 12.0. The predicted molar refractivity (Wildman–Crippen MR) is 95.6 cm³/mol. The van der Waals surface area contributed by atoms with Crippen LogP contribution in [-0.2, 0) is 6.42 Å². The Morgan fingerprint density at radius 1 is 0.696 bits per heavy atom. The molecule has 2 rings (SSSR count). The summed E-state index contributed by atoms with van der Waals surface area (Å²) in [5.41, 5.74) is 4.09. The Bertz CT molecular complexity index is 604. The van der Waals surface area contributed by atoms with Crippen LogP contribution < -0.4 is 0 Å². The molecule has 0 spiro atoms. The first kappa shape index (κ1) is 18.5. The van der Waals surface area contributed by atoms with E-state index in [0.717, 1.165) is 0 Å². The van der Waals surface area contributed by atoms with Crippen LogP contribution in [0.2, 0.25) is 0 Å². The molecule has 2 aromatic rings. The largest absolute Gasteiger partial charge is 0.181 e. The van der Waals surface area contributed by atoms with Gasteiger partial charge in [0.1, 0.15) is 0 Å². The van der Waals surface area contributed by atoms with Crippen molar-refractivity contribution < 1.29 is 0 Å². The number of nitrogens with zero attached hydrogens (tertiary/aromatic N) is 2. The summed E-state index contributed by atoms with van der Waals surface area (Å²) in [6.45, 7) is 2.27. The van der Waals surface area contributed by atoms with Gasteiger partial charge in [0, 0.05) is 0 Å². The third-order valence-corrected chi connectivity index (χ3v) is 3.68. The average molecular weight is 304 g/mol. The first-order valence-electron chi connectivity index (χ1n) is 8.24. The number of unbranched alkanes of at least 4 members (excludes halogenated alkanes) is 4. The van der Waals surface area contributed by atoms with Gasteiger partial charge >= 0.3 is 0 Å². The van der Waals surface area contributed by atoms with Crippen LogP contribution in [-0.4, -0.2) is 0 Å². The molecule has 0 aliphatic rings. The average Bonchev–Trinajstić information content (AvgIpc) is 2.63. The van der Waals surface area contributed by atoms with Crippen LogP contribution in [0.5, 0.6) is 0 Å². The highest BCUT2D eigenvalue weighted by atomic mass is 14.3. The summed E-state index contributed by atoms with van der Waals surface area (Å²) in [5.74, 6) is 0. The zero-order chi connectivity index (χ0) is 16.8. The molecule has 0 aliphatic carbocycles. The van der Waals surface area contributed by atoms with Gasteiger partial charge < -0.3 is 0 Å². The minimum Gasteiger partial charge on any atom is -0.181 e. The van der Waals surface area contributed by atoms with Crippen LogP contribution in [0, 0.1) is 22.7 Å². The lowest BCUT2D eigenvalue weighted by atomic mass is 10.0. The normalized spacial score (nSPS) is 9.17. The van der Waals surface area contributed by atoms with Crippen LogP contribution in [0.1, 0.15) is 44.6 Å². The van der Waals surface area contributed by atoms with Crippen molar-refractivity contribution in [3.63, 3.8) is 0 Å². The van der Waals surface area contributed by atoms with E-state index >= 15 is 0 Å². The molecular formula is C21H24N2. The Hall–Kier alpha value is -2.58. The highest BCUT2D eigenvalue weighted by Crippen LogP contribution is 2.20. The van der Waals surface area contributed by atoms with E-state index in [2.05, 4.69) is 61.5 Å². The van der Waals surface area contributed by atoms with Gasteiger partial charge in [0.05, 0.1) is 0 Å². The van der Waals surface area contributed by atoms with Crippen molar-refractivity contribution in [1.82, 2.24) is 0 Å². The number of nitriles is 2. The maximum Gasteiger partial charge on any atom is 0.181 e. The predicted octanol–water partition coefficient (Wildman–Crippen LogP) is 5.90. The van der Waals surface area contributed by atoms with E-state index in [-0.39, 0.29) is 0 Å².